The van der Waals surface area contributed by atoms with Gasteiger partial charge in [-0.05, 0) is 60.9 Å². The molecule has 0 heterocycles. The number of rotatable bonds is 14. The van der Waals surface area contributed by atoms with Gasteiger partial charge < -0.3 is 15.0 Å². The normalized spacial score (nSPS) is 11.9. The van der Waals surface area contributed by atoms with Crippen LogP contribution in [0.5, 0.6) is 5.75 Å². The van der Waals surface area contributed by atoms with E-state index in [4.69, 9.17) is 27.9 Å². The van der Waals surface area contributed by atoms with Gasteiger partial charge >= 0.3 is 0 Å². The second kappa shape index (κ2) is 15.1. The molecule has 0 saturated heterocycles. The van der Waals surface area contributed by atoms with E-state index in [1.54, 1.807) is 42.5 Å². The van der Waals surface area contributed by atoms with Gasteiger partial charge in [-0.2, -0.15) is 0 Å². The summed E-state index contributed by atoms with van der Waals surface area (Å²) in [5.74, 6) is 0.0147. The molecule has 1 N–H and O–H groups in total. The molecule has 0 bridgehead atoms. The molecule has 0 unspecified atom stereocenters. The molecule has 0 aromatic heterocycles. The molecular weight excluding hydrogens is 585 g/mol. The third kappa shape index (κ3) is 9.38. The van der Waals surface area contributed by atoms with E-state index >= 15 is 0 Å². The molecule has 3 aromatic rings. The highest BCUT2D eigenvalue weighted by Gasteiger charge is 2.30. The number of carbonyl (C=O) groups excluding carboxylic acids is 2. The zero-order valence-corrected chi connectivity index (χ0v) is 25.7. The van der Waals surface area contributed by atoms with Gasteiger partial charge in [-0.1, -0.05) is 59.6 Å². The number of halogens is 2. The number of sulfonamides is 1. The second-order valence-electron chi connectivity index (χ2n) is 9.49. The maximum absolute atomic E-state index is 13.8. The van der Waals surface area contributed by atoms with Gasteiger partial charge in [0.05, 0.1) is 19.1 Å². The number of hydrogen-bond donors (Lipinski definition) is 1. The summed E-state index contributed by atoms with van der Waals surface area (Å²) in [7, 11) is -2.09. The molecule has 220 valence electrons. The molecule has 2 amide bonds. The lowest BCUT2D eigenvalue weighted by atomic mass is 10.0. The predicted molar refractivity (Wildman–Crippen MR) is 164 cm³/mol. The lowest BCUT2D eigenvalue weighted by molar-refractivity contribution is -0.141. The van der Waals surface area contributed by atoms with E-state index in [0.29, 0.717) is 40.0 Å². The number of methoxy groups -OCH3 is 1. The third-order valence-electron chi connectivity index (χ3n) is 6.49. The molecule has 0 aliphatic carbocycles. The Bertz CT molecular complexity index is 1420. The van der Waals surface area contributed by atoms with Crippen molar-refractivity contribution in [1.29, 1.82) is 0 Å². The highest BCUT2D eigenvalue weighted by molar-refractivity contribution is 7.92. The Balaban J connectivity index is 1.88. The summed E-state index contributed by atoms with van der Waals surface area (Å²) < 4.78 is 31.6. The minimum Gasteiger partial charge on any atom is -0.497 e. The van der Waals surface area contributed by atoms with Crippen LogP contribution in [0.15, 0.2) is 72.8 Å². The maximum atomic E-state index is 13.8. The zero-order chi connectivity index (χ0) is 30.0. The minimum absolute atomic E-state index is 0.0120. The van der Waals surface area contributed by atoms with Gasteiger partial charge in [0.15, 0.2) is 0 Å². The molecule has 0 aliphatic rings. The van der Waals surface area contributed by atoms with Crippen LogP contribution >= 0.6 is 23.2 Å². The van der Waals surface area contributed by atoms with E-state index in [1.165, 1.54) is 16.3 Å². The van der Waals surface area contributed by atoms with E-state index in [2.05, 4.69) is 5.32 Å². The van der Waals surface area contributed by atoms with Crippen LogP contribution in [-0.4, -0.2) is 57.6 Å². The van der Waals surface area contributed by atoms with Gasteiger partial charge in [-0.3, -0.25) is 13.9 Å². The van der Waals surface area contributed by atoms with Crippen LogP contribution in [0.3, 0.4) is 0 Å². The van der Waals surface area contributed by atoms with Crippen molar-refractivity contribution in [3.63, 3.8) is 0 Å². The highest BCUT2D eigenvalue weighted by atomic mass is 35.5. The van der Waals surface area contributed by atoms with Crippen molar-refractivity contribution in [2.75, 3.05) is 30.8 Å². The van der Waals surface area contributed by atoms with Crippen molar-refractivity contribution in [1.82, 2.24) is 10.2 Å². The van der Waals surface area contributed by atoms with Crippen molar-refractivity contribution in [3.8, 4) is 5.75 Å². The Kier molecular flexibility index (Phi) is 11.9. The monoisotopic (exact) mass is 619 g/mol. The van der Waals surface area contributed by atoms with E-state index in [-0.39, 0.29) is 37.7 Å². The predicted octanol–water partition coefficient (Wildman–Crippen LogP) is 5.32. The first-order valence-corrected chi connectivity index (χ1v) is 15.8. The first kappa shape index (κ1) is 32.2. The van der Waals surface area contributed by atoms with Crippen LogP contribution in [0.2, 0.25) is 10.0 Å². The van der Waals surface area contributed by atoms with E-state index in [0.717, 1.165) is 11.8 Å². The van der Waals surface area contributed by atoms with Gasteiger partial charge in [-0.15, -0.1) is 0 Å². The summed E-state index contributed by atoms with van der Waals surface area (Å²) in [4.78, 5) is 28.6. The average molecular weight is 621 g/mol. The number of ether oxygens (including phenoxy) is 1. The molecular formula is C30H35Cl2N3O5S. The molecule has 0 spiro atoms. The van der Waals surface area contributed by atoms with Crippen molar-refractivity contribution < 1.29 is 22.7 Å². The van der Waals surface area contributed by atoms with Gasteiger partial charge in [0.25, 0.3) is 0 Å². The lowest BCUT2D eigenvalue weighted by Gasteiger charge is -2.32. The van der Waals surface area contributed by atoms with Crippen LogP contribution in [0.4, 0.5) is 5.69 Å². The number of likely N-dealkylation sites (N-methyl/N-ethyl adjacent to an activating group) is 1. The van der Waals surface area contributed by atoms with Gasteiger partial charge in [0.1, 0.15) is 11.8 Å². The minimum atomic E-state index is -3.62. The summed E-state index contributed by atoms with van der Waals surface area (Å²) in [6.45, 7) is 2.38. The molecule has 3 rings (SSSR count). The summed E-state index contributed by atoms with van der Waals surface area (Å²) in [6, 6.07) is 20.3. The fourth-order valence-electron chi connectivity index (χ4n) is 4.43. The van der Waals surface area contributed by atoms with Crippen molar-refractivity contribution >= 4 is 50.7 Å². The standard InChI is InChI=1S/C30H35Cl2N3O5S/c1-4-33-30(37)28(19-22-9-6-5-7-10-22)34(21-23-12-13-24(31)20-27(23)32)29(36)11-8-18-35(41(3,38)39)25-14-16-26(40-2)17-15-25/h5-7,9-10,12-17,20,28H,4,8,11,18-19,21H2,1-3H3,(H,33,37)/t28-/m0/s1. The molecule has 0 saturated carbocycles. The van der Waals surface area contributed by atoms with Crippen LogP contribution < -0.4 is 14.4 Å². The van der Waals surface area contributed by atoms with E-state index in [1.807, 2.05) is 37.3 Å². The number of anilines is 1. The fraction of sp³-hybridized carbons (Fsp3) is 0.333. The van der Waals surface area contributed by atoms with Gasteiger partial charge in [-0.25, -0.2) is 8.42 Å². The Morgan fingerprint density at radius 3 is 2.27 bits per heavy atom. The van der Waals surface area contributed by atoms with Gasteiger partial charge in [0.2, 0.25) is 21.8 Å². The highest BCUT2D eigenvalue weighted by Crippen LogP contribution is 2.26. The quantitative estimate of drug-likeness (QED) is 0.263. The molecule has 8 nitrogen and oxygen atoms in total. The Morgan fingerprint density at radius 1 is 1.00 bits per heavy atom. The lowest BCUT2D eigenvalue weighted by Crippen LogP contribution is -2.50. The van der Waals surface area contributed by atoms with Crippen molar-refractivity contribution in [2.24, 2.45) is 0 Å². The van der Waals surface area contributed by atoms with Crippen LogP contribution in [0, 0.1) is 0 Å². The first-order chi connectivity index (χ1) is 19.5. The Hall–Kier alpha value is -3.27. The average Bonchev–Trinajstić information content (AvgIpc) is 2.94. The van der Waals surface area contributed by atoms with Crippen molar-refractivity contribution in [2.45, 2.75) is 38.8 Å². The van der Waals surface area contributed by atoms with Crippen molar-refractivity contribution in [3.05, 3.63) is 94.0 Å². The summed E-state index contributed by atoms with van der Waals surface area (Å²) >= 11 is 12.6. The molecule has 41 heavy (non-hydrogen) atoms. The Morgan fingerprint density at radius 2 is 1.68 bits per heavy atom. The molecule has 11 heteroatoms. The topological polar surface area (TPSA) is 96.0 Å². The third-order valence-corrected chi connectivity index (χ3v) is 8.27. The Labute approximate surface area is 252 Å². The SMILES string of the molecule is CCNC(=O)[C@H](Cc1ccccc1)N(Cc1ccc(Cl)cc1Cl)C(=O)CCCN(c1ccc(OC)cc1)S(C)(=O)=O. The van der Waals surface area contributed by atoms with E-state index in [9.17, 15) is 18.0 Å². The first-order valence-electron chi connectivity index (χ1n) is 13.2. The number of nitrogens with one attached hydrogen (secondary N) is 1. The van der Waals surface area contributed by atoms with Gasteiger partial charge in [0, 0.05) is 42.5 Å². The molecule has 0 aliphatic heterocycles. The summed E-state index contributed by atoms with van der Waals surface area (Å²) in [5.41, 5.74) is 2.00. The van der Waals surface area contributed by atoms with E-state index < -0.39 is 16.1 Å². The number of hydrogen-bond acceptors (Lipinski definition) is 5. The largest absolute Gasteiger partial charge is 0.497 e. The van der Waals surface area contributed by atoms with Crippen LogP contribution in [0.1, 0.15) is 30.9 Å². The molecule has 0 radical (unpaired) electrons. The van der Waals surface area contributed by atoms with Crippen LogP contribution in [-0.2, 0) is 32.6 Å². The smallest absolute Gasteiger partial charge is 0.243 e. The summed E-state index contributed by atoms with van der Waals surface area (Å²) in [5, 5.41) is 3.69. The number of carbonyl (C=O) groups is 2. The number of nitrogens with zero attached hydrogens (tertiary/aromatic N) is 2. The second-order valence-corrected chi connectivity index (χ2v) is 12.2. The molecule has 0 fully saturated rings. The van der Waals surface area contributed by atoms with Crippen LogP contribution in [0.25, 0.3) is 0 Å². The summed E-state index contributed by atoms with van der Waals surface area (Å²) in [6.07, 6.45) is 1.66. The number of amides is 2. The maximum Gasteiger partial charge on any atom is 0.243 e. The zero-order valence-electron chi connectivity index (χ0n) is 23.3. The fourth-order valence-corrected chi connectivity index (χ4v) is 5.87. The molecule has 3 aromatic carbocycles. The molecule has 1 atom stereocenters. The number of benzene rings is 3.